The molecule has 202 valence electrons. The van der Waals surface area contributed by atoms with Crippen molar-refractivity contribution in [2.75, 3.05) is 19.0 Å². The predicted octanol–water partition coefficient (Wildman–Crippen LogP) is 5.57. The summed E-state index contributed by atoms with van der Waals surface area (Å²) in [7, 11) is 1.29. The monoisotopic (exact) mass is 557 g/mol. The fraction of sp³-hybridized carbons (Fsp3) is 0.185. The van der Waals surface area contributed by atoms with Crippen molar-refractivity contribution in [3.63, 3.8) is 0 Å². The van der Waals surface area contributed by atoms with E-state index in [4.69, 9.17) is 4.74 Å². The Morgan fingerprint density at radius 1 is 1.05 bits per heavy atom. The Morgan fingerprint density at radius 2 is 1.77 bits per heavy atom. The Hall–Kier alpha value is -4.32. The van der Waals surface area contributed by atoms with Crippen molar-refractivity contribution in [2.45, 2.75) is 20.0 Å². The highest BCUT2D eigenvalue weighted by Gasteiger charge is 2.37. The molecule has 0 radical (unpaired) electrons. The van der Waals surface area contributed by atoms with Crippen LogP contribution in [-0.2, 0) is 20.5 Å². The Bertz CT molecular complexity index is 1530. The number of nitrogens with zero attached hydrogens (tertiary/aromatic N) is 2. The molecule has 8 nitrogen and oxygen atoms in total. The molecular weight excluding hydrogens is 535 g/mol. The molecule has 1 aliphatic rings. The molecule has 2 aromatic carbocycles. The SMILES string of the molecule is COC(=O)c1cccc(-n2c(C)cc(/C=C3\SC(=O)N(CC(=O)Nc4cccc(C(F)(F)F)c4)C3=O)c2C)c1. The lowest BCUT2D eigenvalue weighted by Gasteiger charge is -2.13. The highest BCUT2D eigenvalue weighted by molar-refractivity contribution is 8.18. The minimum Gasteiger partial charge on any atom is -0.465 e. The number of aromatic nitrogens is 1. The molecule has 12 heteroatoms. The van der Waals surface area contributed by atoms with E-state index in [1.54, 1.807) is 24.3 Å². The Morgan fingerprint density at radius 3 is 2.46 bits per heavy atom. The van der Waals surface area contributed by atoms with Crippen LogP contribution in [0, 0.1) is 13.8 Å². The molecule has 2 heterocycles. The number of rotatable bonds is 6. The van der Waals surface area contributed by atoms with E-state index in [-0.39, 0.29) is 10.6 Å². The van der Waals surface area contributed by atoms with E-state index in [2.05, 4.69) is 5.32 Å². The van der Waals surface area contributed by atoms with Gasteiger partial charge in [0, 0.05) is 22.8 Å². The number of aryl methyl sites for hydroxylation is 1. The van der Waals surface area contributed by atoms with E-state index >= 15 is 0 Å². The number of hydrogen-bond donors (Lipinski definition) is 1. The largest absolute Gasteiger partial charge is 0.465 e. The molecule has 1 aliphatic heterocycles. The van der Waals surface area contributed by atoms with Crippen LogP contribution in [0.2, 0.25) is 0 Å². The molecule has 39 heavy (non-hydrogen) atoms. The van der Waals surface area contributed by atoms with Gasteiger partial charge in [-0.2, -0.15) is 13.2 Å². The topological polar surface area (TPSA) is 97.7 Å². The van der Waals surface area contributed by atoms with Crippen LogP contribution in [0.25, 0.3) is 11.8 Å². The van der Waals surface area contributed by atoms with Crippen molar-refractivity contribution in [1.82, 2.24) is 9.47 Å². The number of amides is 3. The first kappa shape index (κ1) is 27.7. The maximum absolute atomic E-state index is 12.9. The summed E-state index contributed by atoms with van der Waals surface area (Å²) in [6.45, 7) is 3.01. The number of anilines is 1. The van der Waals surface area contributed by atoms with Gasteiger partial charge in [0.15, 0.2) is 0 Å². The van der Waals surface area contributed by atoms with Crippen LogP contribution in [-0.4, -0.2) is 46.1 Å². The van der Waals surface area contributed by atoms with Gasteiger partial charge in [0.05, 0.1) is 23.1 Å². The van der Waals surface area contributed by atoms with Crippen molar-refractivity contribution in [3.05, 3.63) is 87.6 Å². The summed E-state index contributed by atoms with van der Waals surface area (Å²) in [6, 6.07) is 12.7. The second-order valence-corrected chi connectivity index (χ2v) is 9.59. The average molecular weight is 558 g/mol. The number of carbonyl (C=O) groups is 4. The van der Waals surface area contributed by atoms with E-state index in [0.29, 0.717) is 28.6 Å². The van der Waals surface area contributed by atoms with Gasteiger partial charge < -0.3 is 14.6 Å². The molecule has 3 amide bonds. The van der Waals surface area contributed by atoms with Crippen LogP contribution >= 0.6 is 11.8 Å². The number of ether oxygens (including phenoxy) is 1. The van der Waals surface area contributed by atoms with Crippen molar-refractivity contribution in [3.8, 4) is 5.69 Å². The summed E-state index contributed by atoms with van der Waals surface area (Å²) in [5.74, 6) is -1.99. The minimum atomic E-state index is -4.59. The molecule has 1 fully saturated rings. The van der Waals surface area contributed by atoms with Crippen LogP contribution < -0.4 is 5.32 Å². The molecule has 0 unspecified atom stereocenters. The summed E-state index contributed by atoms with van der Waals surface area (Å²) in [5, 5.41) is 1.62. The molecule has 0 saturated carbocycles. The number of hydrogen-bond acceptors (Lipinski definition) is 6. The smallest absolute Gasteiger partial charge is 0.416 e. The summed E-state index contributed by atoms with van der Waals surface area (Å²) < 4.78 is 45.5. The zero-order valence-corrected chi connectivity index (χ0v) is 21.8. The van der Waals surface area contributed by atoms with Gasteiger partial charge in [0.25, 0.3) is 11.1 Å². The normalized spacial score (nSPS) is 14.7. The maximum Gasteiger partial charge on any atom is 0.416 e. The highest BCUT2D eigenvalue weighted by Crippen LogP contribution is 2.34. The molecule has 1 aromatic heterocycles. The fourth-order valence-corrected chi connectivity index (χ4v) is 4.94. The zero-order chi connectivity index (χ0) is 28.5. The number of imide groups is 1. The lowest BCUT2D eigenvalue weighted by Crippen LogP contribution is -2.36. The Kier molecular flexibility index (Phi) is 7.68. The molecule has 0 bridgehead atoms. The standard InChI is InChI=1S/C27H22F3N3O5S/c1-15-10-18(16(2)33(15)21-9-4-6-17(11-21)25(36)38-3)12-22-24(35)32(26(37)39-22)14-23(34)31-20-8-5-7-19(13-20)27(28,29)30/h4-13H,14H2,1-3H3,(H,31,34)/b22-12-. The second-order valence-electron chi connectivity index (χ2n) is 8.60. The number of carbonyl (C=O) groups excluding carboxylic acids is 4. The Labute approximate surface area is 225 Å². The lowest BCUT2D eigenvalue weighted by molar-refractivity contribution is -0.137. The minimum absolute atomic E-state index is 0.0930. The van der Waals surface area contributed by atoms with E-state index in [0.717, 1.165) is 34.5 Å². The number of thioether (sulfide) groups is 1. The van der Waals surface area contributed by atoms with Gasteiger partial charge in [0.2, 0.25) is 5.91 Å². The number of methoxy groups -OCH3 is 1. The van der Waals surface area contributed by atoms with Crippen LogP contribution in [0.15, 0.2) is 59.5 Å². The Balaban J connectivity index is 1.52. The van der Waals surface area contributed by atoms with Crippen LogP contribution in [0.4, 0.5) is 23.7 Å². The fourth-order valence-electron chi connectivity index (χ4n) is 4.12. The molecule has 1 N–H and O–H groups in total. The summed E-state index contributed by atoms with van der Waals surface area (Å²) in [5.41, 5.74) is 2.21. The summed E-state index contributed by atoms with van der Waals surface area (Å²) in [4.78, 5) is 50.7. The summed E-state index contributed by atoms with van der Waals surface area (Å²) >= 11 is 0.659. The predicted molar refractivity (Wildman–Crippen MR) is 139 cm³/mol. The van der Waals surface area contributed by atoms with Crippen LogP contribution in [0.5, 0.6) is 0 Å². The summed E-state index contributed by atoms with van der Waals surface area (Å²) in [6.07, 6.45) is -3.05. The average Bonchev–Trinajstić information content (AvgIpc) is 3.31. The van der Waals surface area contributed by atoms with Gasteiger partial charge in [-0.05, 0) is 79.7 Å². The van der Waals surface area contributed by atoms with Gasteiger partial charge >= 0.3 is 12.1 Å². The third kappa shape index (κ3) is 5.90. The first-order valence-corrected chi connectivity index (χ1v) is 12.3. The third-order valence-electron chi connectivity index (χ3n) is 5.93. The van der Waals surface area contributed by atoms with Gasteiger partial charge in [-0.3, -0.25) is 19.3 Å². The van der Waals surface area contributed by atoms with Gasteiger partial charge in [-0.25, -0.2) is 4.79 Å². The molecule has 0 atom stereocenters. The van der Waals surface area contributed by atoms with E-state index in [9.17, 15) is 32.3 Å². The first-order chi connectivity index (χ1) is 18.4. The van der Waals surface area contributed by atoms with E-state index in [1.165, 1.54) is 13.2 Å². The molecule has 3 aromatic rings. The van der Waals surface area contributed by atoms with E-state index < -0.39 is 41.3 Å². The molecule has 4 rings (SSSR count). The number of alkyl halides is 3. The van der Waals surface area contributed by atoms with Crippen LogP contribution in [0.3, 0.4) is 0 Å². The van der Waals surface area contributed by atoms with Crippen molar-refractivity contribution >= 4 is 46.5 Å². The van der Waals surface area contributed by atoms with Crippen LogP contribution in [0.1, 0.15) is 32.9 Å². The molecule has 1 saturated heterocycles. The molecule has 0 aliphatic carbocycles. The van der Waals surface area contributed by atoms with Crippen molar-refractivity contribution in [1.29, 1.82) is 0 Å². The van der Waals surface area contributed by atoms with Gasteiger partial charge in [-0.1, -0.05) is 12.1 Å². The lowest BCUT2D eigenvalue weighted by atomic mass is 10.2. The zero-order valence-electron chi connectivity index (χ0n) is 21.0. The number of halogens is 3. The quantitative estimate of drug-likeness (QED) is 0.314. The van der Waals surface area contributed by atoms with E-state index in [1.807, 2.05) is 30.5 Å². The van der Waals surface area contributed by atoms with Gasteiger partial charge in [-0.15, -0.1) is 0 Å². The number of benzene rings is 2. The number of esters is 1. The molecular formula is C27H22F3N3O5S. The second kappa shape index (κ2) is 10.8. The highest BCUT2D eigenvalue weighted by atomic mass is 32.2. The molecule has 0 spiro atoms. The number of nitrogens with one attached hydrogen (secondary N) is 1. The first-order valence-electron chi connectivity index (χ1n) is 11.5. The van der Waals surface area contributed by atoms with Gasteiger partial charge in [0.1, 0.15) is 6.54 Å². The van der Waals surface area contributed by atoms with Crippen molar-refractivity contribution < 1.29 is 37.1 Å². The third-order valence-corrected chi connectivity index (χ3v) is 6.84. The van der Waals surface area contributed by atoms with Crippen molar-refractivity contribution in [2.24, 2.45) is 0 Å². The maximum atomic E-state index is 12.9.